The molecule has 0 bridgehead atoms. The van der Waals surface area contributed by atoms with Gasteiger partial charge in [0.1, 0.15) is 24.0 Å². The van der Waals surface area contributed by atoms with Gasteiger partial charge < -0.3 is 20.1 Å². The topological polar surface area (TPSA) is 58.1 Å². The van der Waals surface area contributed by atoms with Gasteiger partial charge in [-0.25, -0.2) is 8.78 Å². The molecule has 0 spiro atoms. The first-order chi connectivity index (χ1) is 14.7. The van der Waals surface area contributed by atoms with E-state index in [-0.39, 0.29) is 17.7 Å². The highest BCUT2D eigenvalue weighted by molar-refractivity contribution is 5.79. The molecular weight excluding hydrogens is 390 g/mol. The van der Waals surface area contributed by atoms with Crippen LogP contribution < -0.4 is 15.4 Å². The molecule has 0 amide bonds. The maximum absolute atomic E-state index is 13.4. The van der Waals surface area contributed by atoms with Gasteiger partial charge in [-0.05, 0) is 29.8 Å². The Morgan fingerprint density at radius 1 is 1.10 bits per heavy atom. The molecule has 2 N–H and O–H groups in total. The summed E-state index contributed by atoms with van der Waals surface area (Å²) in [4.78, 5) is 6.57. The SMILES string of the molecule is CN=C(NCCOc1cccc(F)c1)NCC(c1ccc(F)cc1)N1CCOCC1. The Morgan fingerprint density at radius 3 is 2.57 bits per heavy atom. The third-order valence-corrected chi connectivity index (χ3v) is 4.89. The van der Waals surface area contributed by atoms with Crippen molar-refractivity contribution in [3.05, 3.63) is 65.7 Å². The van der Waals surface area contributed by atoms with Crippen LogP contribution in [0.4, 0.5) is 8.78 Å². The normalized spacial score (nSPS) is 16.2. The lowest BCUT2D eigenvalue weighted by atomic mass is 10.0. The van der Waals surface area contributed by atoms with Gasteiger partial charge in [-0.3, -0.25) is 9.89 Å². The van der Waals surface area contributed by atoms with E-state index in [1.807, 2.05) is 12.1 Å². The van der Waals surface area contributed by atoms with E-state index in [1.165, 1.54) is 24.3 Å². The zero-order valence-corrected chi connectivity index (χ0v) is 17.1. The van der Waals surface area contributed by atoms with Crippen molar-refractivity contribution in [3.63, 3.8) is 0 Å². The van der Waals surface area contributed by atoms with E-state index >= 15 is 0 Å². The van der Waals surface area contributed by atoms with Crippen LogP contribution >= 0.6 is 0 Å². The van der Waals surface area contributed by atoms with E-state index in [9.17, 15) is 8.78 Å². The van der Waals surface area contributed by atoms with Crippen LogP contribution in [-0.4, -0.2) is 63.9 Å². The molecule has 1 atom stereocenters. The number of guanidine groups is 1. The van der Waals surface area contributed by atoms with Crippen molar-refractivity contribution in [3.8, 4) is 5.75 Å². The van der Waals surface area contributed by atoms with E-state index in [2.05, 4.69) is 20.5 Å². The molecule has 3 rings (SSSR count). The predicted octanol–water partition coefficient (Wildman–Crippen LogP) is 2.58. The van der Waals surface area contributed by atoms with Crippen molar-refractivity contribution in [2.45, 2.75) is 6.04 Å². The number of hydrogen-bond donors (Lipinski definition) is 2. The minimum Gasteiger partial charge on any atom is -0.492 e. The predicted molar refractivity (Wildman–Crippen MR) is 113 cm³/mol. The lowest BCUT2D eigenvalue weighted by Crippen LogP contribution is -2.46. The summed E-state index contributed by atoms with van der Waals surface area (Å²) in [6.07, 6.45) is 0. The Morgan fingerprint density at radius 2 is 1.87 bits per heavy atom. The van der Waals surface area contributed by atoms with Crippen LogP contribution in [0.1, 0.15) is 11.6 Å². The fraction of sp³-hybridized carbons (Fsp3) is 0.409. The van der Waals surface area contributed by atoms with Gasteiger partial charge in [-0.1, -0.05) is 18.2 Å². The van der Waals surface area contributed by atoms with Crippen molar-refractivity contribution < 1.29 is 18.3 Å². The largest absolute Gasteiger partial charge is 0.492 e. The van der Waals surface area contributed by atoms with Gasteiger partial charge in [0.2, 0.25) is 0 Å². The third-order valence-electron chi connectivity index (χ3n) is 4.89. The Bertz CT molecular complexity index is 811. The van der Waals surface area contributed by atoms with Gasteiger partial charge in [0.15, 0.2) is 5.96 Å². The summed E-state index contributed by atoms with van der Waals surface area (Å²) < 4.78 is 37.6. The van der Waals surface area contributed by atoms with Crippen LogP contribution in [0.3, 0.4) is 0 Å². The van der Waals surface area contributed by atoms with E-state index in [0.29, 0.717) is 44.6 Å². The van der Waals surface area contributed by atoms with Crippen LogP contribution in [0.5, 0.6) is 5.75 Å². The average Bonchev–Trinajstić information content (AvgIpc) is 2.77. The molecule has 1 aliphatic heterocycles. The van der Waals surface area contributed by atoms with Crippen molar-refractivity contribution in [2.75, 3.05) is 53.0 Å². The number of nitrogens with one attached hydrogen (secondary N) is 2. The van der Waals surface area contributed by atoms with Crippen LogP contribution in [0.2, 0.25) is 0 Å². The summed E-state index contributed by atoms with van der Waals surface area (Å²) in [5.41, 5.74) is 1.04. The summed E-state index contributed by atoms with van der Waals surface area (Å²) in [6, 6.07) is 12.7. The average molecular weight is 418 g/mol. The third kappa shape index (κ3) is 6.67. The minimum absolute atomic E-state index is 0.0663. The van der Waals surface area contributed by atoms with Gasteiger partial charge in [0.05, 0.1) is 25.8 Å². The van der Waals surface area contributed by atoms with Crippen LogP contribution in [0, 0.1) is 11.6 Å². The highest BCUT2D eigenvalue weighted by atomic mass is 19.1. The van der Waals surface area contributed by atoms with Crippen LogP contribution in [-0.2, 0) is 4.74 Å². The summed E-state index contributed by atoms with van der Waals surface area (Å²) in [5.74, 6) is 0.553. The second-order valence-corrected chi connectivity index (χ2v) is 6.90. The van der Waals surface area contributed by atoms with Gasteiger partial charge in [0, 0.05) is 32.7 Å². The molecule has 162 valence electrons. The van der Waals surface area contributed by atoms with E-state index in [1.54, 1.807) is 19.2 Å². The molecule has 2 aromatic rings. The molecule has 8 heteroatoms. The molecule has 1 unspecified atom stereocenters. The number of morpholine rings is 1. The molecule has 2 aromatic carbocycles. The van der Waals surface area contributed by atoms with E-state index in [0.717, 1.165) is 18.7 Å². The fourth-order valence-electron chi connectivity index (χ4n) is 3.34. The first-order valence-corrected chi connectivity index (χ1v) is 10.1. The molecule has 0 aromatic heterocycles. The van der Waals surface area contributed by atoms with Gasteiger partial charge >= 0.3 is 0 Å². The highest BCUT2D eigenvalue weighted by Gasteiger charge is 2.23. The Kier molecular flexibility index (Phi) is 8.41. The zero-order valence-electron chi connectivity index (χ0n) is 17.1. The molecule has 0 saturated carbocycles. The summed E-state index contributed by atoms with van der Waals surface area (Å²) in [6.45, 7) is 4.48. The quantitative estimate of drug-likeness (QED) is 0.392. The first-order valence-electron chi connectivity index (χ1n) is 10.1. The standard InChI is InChI=1S/C22H28F2N4O2/c1-25-22(26-9-12-30-20-4-2-3-19(24)15-20)27-16-21(28-10-13-29-14-11-28)17-5-7-18(23)8-6-17/h2-8,15,21H,9-14,16H2,1H3,(H2,25,26,27). The van der Waals surface area contributed by atoms with E-state index < -0.39 is 0 Å². The summed E-state index contributed by atoms with van der Waals surface area (Å²) in [7, 11) is 1.70. The number of aliphatic imine (C=N–C) groups is 1. The molecule has 1 aliphatic rings. The van der Waals surface area contributed by atoms with Crippen molar-refractivity contribution in [1.29, 1.82) is 0 Å². The Hall–Kier alpha value is -2.71. The highest BCUT2D eigenvalue weighted by Crippen LogP contribution is 2.21. The second-order valence-electron chi connectivity index (χ2n) is 6.90. The second kappa shape index (κ2) is 11.5. The summed E-state index contributed by atoms with van der Waals surface area (Å²) in [5, 5.41) is 6.52. The number of nitrogens with zero attached hydrogens (tertiary/aromatic N) is 2. The maximum atomic E-state index is 13.4. The number of halogens is 2. The molecular formula is C22H28F2N4O2. The monoisotopic (exact) mass is 418 g/mol. The molecule has 6 nitrogen and oxygen atoms in total. The number of ether oxygens (including phenoxy) is 2. The minimum atomic E-state index is -0.326. The number of rotatable bonds is 8. The first kappa shape index (κ1) is 22.0. The van der Waals surface area contributed by atoms with Crippen LogP contribution in [0.25, 0.3) is 0 Å². The maximum Gasteiger partial charge on any atom is 0.191 e. The molecule has 1 saturated heterocycles. The fourth-order valence-corrected chi connectivity index (χ4v) is 3.34. The smallest absolute Gasteiger partial charge is 0.191 e. The Labute approximate surface area is 175 Å². The lowest BCUT2D eigenvalue weighted by Gasteiger charge is -2.35. The molecule has 0 radical (unpaired) electrons. The van der Waals surface area contributed by atoms with Crippen LogP contribution in [0.15, 0.2) is 53.5 Å². The number of hydrogen-bond acceptors (Lipinski definition) is 4. The number of benzene rings is 2. The van der Waals surface area contributed by atoms with Gasteiger partial charge in [-0.15, -0.1) is 0 Å². The van der Waals surface area contributed by atoms with Gasteiger partial charge in [-0.2, -0.15) is 0 Å². The van der Waals surface area contributed by atoms with E-state index in [4.69, 9.17) is 9.47 Å². The zero-order chi connectivity index (χ0) is 21.2. The lowest BCUT2D eigenvalue weighted by molar-refractivity contribution is 0.0170. The van der Waals surface area contributed by atoms with Crippen molar-refractivity contribution in [1.82, 2.24) is 15.5 Å². The van der Waals surface area contributed by atoms with Crippen molar-refractivity contribution in [2.24, 2.45) is 4.99 Å². The molecule has 0 aliphatic carbocycles. The van der Waals surface area contributed by atoms with Crippen molar-refractivity contribution >= 4 is 5.96 Å². The molecule has 30 heavy (non-hydrogen) atoms. The molecule has 1 fully saturated rings. The summed E-state index contributed by atoms with van der Waals surface area (Å²) >= 11 is 0. The van der Waals surface area contributed by atoms with Gasteiger partial charge in [0.25, 0.3) is 0 Å². The molecule has 1 heterocycles. The Balaban J connectivity index is 1.51.